The standard InChI is InChI=1S/C17H17BrClN3O3/c1-11(21(2)10-12-5-3-4-6-14(12)18)17(23)20-16-9-13(22(24)25)7-8-15(16)19/h3-9,11H,10H2,1-2H3,(H,20,23). The Morgan fingerprint density at radius 2 is 2.04 bits per heavy atom. The van der Waals surface area contributed by atoms with Crippen molar-refractivity contribution in [3.8, 4) is 0 Å². The molecule has 1 amide bonds. The molecule has 2 aromatic carbocycles. The molecule has 0 aliphatic heterocycles. The number of carbonyl (C=O) groups is 1. The molecule has 25 heavy (non-hydrogen) atoms. The summed E-state index contributed by atoms with van der Waals surface area (Å²) in [5, 5.41) is 13.8. The Balaban J connectivity index is 2.08. The second-order valence-corrected chi connectivity index (χ2v) is 6.85. The average Bonchev–Trinajstić information content (AvgIpc) is 2.57. The van der Waals surface area contributed by atoms with Crippen LogP contribution in [0.4, 0.5) is 11.4 Å². The number of amides is 1. The molecule has 0 spiro atoms. The number of non-ortho nitro benzene ring substituents is 1. The maximum atomic E-state index is 12.5. The molecule has 1 unspecified atom stereocenters. The van der Waals surface area contributed by atoms with Crippen LogP contribution in [0.5, 0.6) is 0 Å². The van der Waals surface area contributed by atoms with Gasteiger partial charge in [0.2, 0.25) is 5.91 Å². The highest BCUT2D eigenvalue weighted by molar-refractivity contribution is 9.10. The summed E-state index contributed by atoms with van der Waals surface area (Å²) >= 11 is 9.51. The molecule has 0 saturated heterocycles. The molecule has 0 heterocycles. The number of halogens is 2. The van der Waals surface area contributed by atoms with Crippen molar-refractivity contribution in [1.29, 1.82) is 0 Å². The summed E-state index contributed by atoms with van der Waals surface area (Å²) < 4.78 is 0.969. The molecule has 1 N–H and O–H groups in total. The molecule has 0 aliphatic rings. The van der Waals surface area contributed by atoms with Crippen LogP contribution in [0.2, 0.25) is 5.02 Å². The molecule has 6 nitrogen and oxygen atoms in total. The molecule has 0 aromatic heterocycles. The molecule has 2 aromatic rings. The molecule has 0 fully saturated rings. The molecule has 0 aliphatic carbocycles. The van der Waals surface area contributed by atoms with Crippen molar-refractivity contribution in [2.24, 2.45) is 0 Å². The smallest absolute Gasteiger partial charge is 0.271 e. The first-order valence-corrected chi connectivity index (χ1v) is 8.65. The molecule has 132 valence electrons. The lowest BCUT2D eigenvalue weighted by molar-refractivity contribution is -0.384. The highest BCUT2D eigenvalue weighted by atomic mass is 79.9. The van der Waals surface area contributed by atoms with Crippen LogP contribution in [0.15, 0.2) is 46.9 Å². The van der Waals surface area contributed by atoms with Gasteiger partial charge in [0.25, 0.3) is 5.69 Å². The monoisotopic (exact) mass is 425 g/mol. The quantitative estimate of drug-likeness (QED) is 0.546. The first-order valence-electron chi connectivity index (χ1n) is 7.48. The molecule has 0 bridgehead atoms. The number of hydrogen-bond donors (Lipinski definition) is 1. The van der Waals surface area contributed by atoms with Gasteiger partial charge in [-0.2, -0.15) is 0 Å². The van der Waals surface area contributed by atoms with Gasteiger partial charge >= 0.3 is 0 Å². The summed E-state index contributed by atoms with van der Waals surface area (Å²) in [5.41, 5.74) is 1.15. The predicted molar refractivity (Wildman–Crippen MR) is 102 cm³/mol. The molecule has 0 saturated carbocycles. The first-order chi connectivity index (χ1) is 11.8. The summed E-state index contributed by atoms with van der Waals surface area (Å²) in [5.74, 6) is -0.294. The summed E-state index contributed by atoms with van der Waals surface area (Å²) in [4.78, 5) is 24.7. The largest absolute Gasteiger partial charge is 0.323 e. The molecule has 1 atom stereocenters. The van der Waals surface area contributed by atoms with Crippen molar-refractivity contribution in [2.45, 2.75) is 19.5 Å². The van der Waals surface area contributed by atoms with E-state index >= 15 is 0 Å². The van der Waals surface area contributed by atoms with Crippen LogP contribution >= 0.6 is 27.5 Å². The normalized spacial score (nSPS) is 12.0. The van der Waals surface area contributed by atoms with Crippen LogP contribution in [-0.2, 0) is 11.3 Å². The average molecular weight is 427 g/mol. The van der Waals surface area contributed by atoms with Crippen molar-refractivity contribution < 1.29 is 9.72 Å². The highest BCUT2D eigenvalue weighted by Gasteiger charge is 2.20. The summed E-state index contributed by atoms with van der Waals surface area (Å²) in [6.45, 7) is 2.33. The summed E-state index contributed by atoms with van der Waals surface area (Å²) in [7, 11) is 1.83. The number of anilines is 1. The fourth-order valence-corrected chi connectivity index (χ4v) is 2.77. The number of benzene rings is 2. The third kappa shape index (κ3) is 5.01. The summed E-state index contributed by atoms with van der Waals surface area (Å²) in [6, 6.07) is 11.3. The number of nitro benzene ring substituents is 1. The molecule has 8 heteroatoms. The number of rotatable bonds is 6. The molecular formula is C17H17BrClN3O3. The minimum Gasteiger partial charge on any atom is -0.323 e. The number of nitrogens with one attached hydrogen (secondary N) is 1. The maximum Gasteiger partial charge on any atom is 0.271 e. The predicted octanol–water partition coefficient (Wildman–Crippen LogP) is 4.47. The van der Waals surface area contributed by atoms with E-state index in [1.807, 2.05) is 36.2 Å². The van der Waals surface area contributed by atoms with E-state index in [1.165, 1.54) is 18.2 Å². The van der Waals surface area contributed by atoms with Gasteiger partial charge in [0.05, 0.1) is 21.7 Å². The van der Waals surface area contributed by atoms with E-state index in [-0.39, 0.29) is 22.3 Å². The van der Waals surface area contributed by atoms with E-state index in [0.717, 1.165) is 10.0 Å². The summed E-state index contributed by atoms with van der Waals surface area (Å²) in [6.07, 6.45) is 0. The van der Waals surface area contributed by atoms with Crippen molar-refractivity contribution in [2.75, 3.05) is 12.4 Å². The first kappa shape index (κ1) is 19.4. The van der Waals surface area contributed by atoms with Crippen LogP contribution < -0.4 is 5.32 Å². The maximum absolute atomic E-state index is 12.5. The Labute approximate surface area is 159 Å². The van der Waals surface area contributed by atoms with Gasteiger partial charge in [0, 0.05) is 23.2 Å². The van der Waals surface area contributed by atoms with Crippen molar-refractivity contribution >= 4 is 44.8 Å². The third-order valence-electron chi connectivity index (χ3n) is 3.84. The van der Waals surface area contributed by atoms with Gasteiger partial charge in [0.15, 0.2) is 0 Å². The lowest BCUT2D eigenvalue weighted by atomic mass is 10.2. The number of nitro groups is 1. The minimum atomic E-state index is -0.533. The number of carbonyl (C=O) groups excluding carboxylic acids is 1. The van der Waals surface area contributed by atoms with E-state index in [2.05, 4.69) is 21.2 Å². The zero-order valence-electron chi connectivity index (χ0n) is 13.7. The lowest BCUT2D eigenvalue weighted by Gasteiger charge is -2.24. The van der Waals surface area contributed by atoms with E-state index in [9.17, 15) is 14.9 Å². The second-order valence-electron chi connectivity index (χ2n) is 5.59. The zero-order valence-corrected chi connectivity index (χ0v) is 16.0. The number of hydrogen-bond acceptors (Lipinski definition) is 4. The lowest BCUT2D eigenvalue weighted by Crippen LogP contribution is -2.39. The van der Waals surface area contributed by atoms with Crippen LogP contribution in [0.25, 0.3) is 0 Å². The van der Waals surface area contributed by atoms with Gasteiger partial charge in [-0.15, -0.1) is 0 Å². The zero-order chi connectivity index (χ0) is 18.6. The van der Waals surface area contributed by atoms with Crippen LogP contribution in [-0.4, -0.2) is 28.8 Å². The Morgan fingerprint density at radius 3 is 2.68 bits per heavy atom. The molecule has 0 radical (unpaired) electrons. The SMILES string of the molecule is CC(C(=O)Nc1cc([N+](=O)[O-])ccc1Cl)N(C)Cc1ccccc1Br. The van der Waals surface area contributed by atoms with Crippen molar-refractivity contribution in [1.82, 2.24) is 4.90 Å². The molecule has 2 rings (SSSR count). The van der Waals surface area contributed by atoms with Gasteiger partial charge in [-0.3, -0.25) is 19.8 Å². The van der Waals surface area contributed by atoms with Crippen LogP contribution in [0.3, 0.4) is 0 Å². The Morgan fingerprint density at radius 1 is 1.36 bits per heavy atom. The molecular weight excluding hydrogens is 410 g/mol. The number of nitrogens with zero attached hydrogens (tertiary/aromatic N) is 2. The van der Waals surface area contributed by atoms with Gasteiger partial charge in [-0.25, -0.2) is 0 Å². The van der Waals surface area contributed by atoms with Gasteiger partial charge in [-0.05, 0) is 31.7 Å². The fraction of sp³-hybridized carbons (Fsp3) is 0.235. The van der Waals surface area contributed by atoms with Crippen LogP contribution in [0.1, 0.15) is 12.5 Å². The Bertz CT molecular complexity index is 800. The van der Waals surface area contributed by atoms with Gasteiger partial charge in [0.1, 0.15) is 0 Å². The van der Waals surface area contributed by atoms with E-state index < -0.39 is 11.0 Å². The Hall–Kier alpha value is -1.96. The highest BCUT2D eigenvalue weighted by Crippen LogP contribution is 2.27. The fourth-order valence-electron chi connectivity index (χ4n) is 2.19. The van der Waals surface area contributed by atoms with Crippen molar-refractivity contribution in [3.63, 3.8) is 0 Å². The van der Waals surface area contributed by atoms with Crippen molar-refractivity contribution in [3.05, 3.63) is 67.6 Å². The van der Waals surface area contributed by atoms with E-state index in [0.29, 0.717) is 6.54 Å². The third-order valence-corrected chi connectivity index (χ3v) is 4.94. The Kier molecular flexibility index (Phi) is 6.52. The second kappa shape index (κ2) is 8.42. The number of likely N-dealkylation sites (N-methyl/N-ethyl adjacent to an activating group) is 1. The van der Waals surface area contributed by atoms with Crippen LogP contribution in [0, 0.1) is 10.1 Å². The van der Waals surface area contributed by atoms with Gasteiger partial charge < -0.3 is 5.32 Å². The van der Waals surface area contributed by atoms with E-state index in [1.54, 1.807) is 6.92 Å². The van der Waals surface area contributed by atoms with Gasteiger partial charge in [-0.1, -0.05) is 45.7 Å². The topological polar surface area (TPSA) is 75.5 Å². The minimum absolute atomic E-state index is 0.131. The van der Waals surface area contributed by atoms with E-state index in [4.69, 9.17) is 11.6 Å².